The lowest BCUT2D eigenvalue weighted by Crippen LogP contribution is -2.34. The van der Waals surface area contributed by atoms with Crippen molar-refractivity contribution in [2.45, 2.75) is 53.0 Å². The summed E-state index contributed by atoms with van der Waals surface area (Å²) >= 11 is 0. The first-order valence-corrected chi connectivity index (χ1v) is 6.08. The summed E-state index contributed by atoms with van der Waals surface area (Å²) in [5.74, 6) is 0.197. The van der Waals surface area contributed by atoms with Crippen molar-refractivity contribution in [2.24, 2.45) is 11.7 Å². The Hall–Kier alpha value is -0.890. The Morgan fingerprint density at radius 1 is 1.44 bits per heavy atom. The lowest BCUT2D eigenvalue weighted by Gasteiger charge is -2.21. The molecule has 0 fully saturated rings. The van der Waals surface area contributed by atoms with E-state index in [2.05, 4.69) is 19.9 Å². The van der Waals surface area contributed by atoms with Crippen LogP contribution in [-0.2, 0) is 4.79 Å². The fourth-order valence-corrected chi connectivity index (χ4v) is 2.20. The van der Waals surface area contributed by atoms with E-state index in [0.717, 1.165) is 12.8 Å². The van der Waals surface area contributed by atoms with E-state index >= 15 is 0 Å². The number of carbonyl (C=O) groups is 1. The van der Waals surface area contributed by atoms with Crippen LogP contribution in [0.5, 0.6) is 0 Å². The van der Waals surface area contributed by atoms with Gasteiger partial charge in [-0.15, -0.1) is 0 Å². The maximum atomic E-state index is 11.8. The predicted molar refractivity (Wildman–Crippen MR) is 68.1 cm³/mol. The third kappa shape index (κ3) is 3.05. The average molecular weight is 221 g/mol. The Labute approximate surface area is 98.6 Å². The topological polar surface area (TPSA) is 43.1 Å². The molecule has 16 heavy (non-hydrogen) atoms. The standard InChI is InChI=1S/C14H23NO/c1-9(2)14(16)13(15)8-12-10(3)6-5-7-11(12)4/h6,9,13H,5,7-8,15H2,1-4H3. The molecule has 0 saturated heterocycles. The van der Waals surface area contributed by atoms with Crippen molar-refractivity contribution in [1.82, 2.24) is 0 Å². The minimum absolute atomic E-state index is 0.0313. The van der Waals surface area contributed by atoms with Gasteiger partial charge >= 0.3 is 0 Å². The van der Waals surface area contributed by atoms with Gasteiger partial charge in [0.05, 0.1) is 6.04 Å². The van der Waals surface area contributed by atoms with Crippen LogP contribution in [-0.4, -0.2) is 11.8 Å². The summed E-state index contributed by atoms with van der Waals surface area (Å²) in [6, 6.07) is -0.341. The lowest BCUT2D eigenvalue weighted by atomic mass is 9.86. The third-order valence-electron chi connectivity index (χ3n) is 3.32. The van der Waals surface area contributed by atoms with E-state index in [9.17, 15) is 4.79 Å². The van der Waals surface area contributed by atoms with Gasteiger partial charge in [-0.2, -0.15) is 0 Å². The molecular weight excluding hydrogens is 198 g/mol. The molecule has 0 heterocycles. The van der Waals surface area contributed by atoms with Crippen molar-refractivity contribution in [3.8, 4) is 0 Å². The van der Waals surface area contributed by atoms with Crippen LogP contribution in [0.1, 0.15) is 47.0 Å². The van der Waals surface area contributed by atoms with Crippen molar-refractivity contribution in [1.29, 1.82) is 0 Å². The highest BCUT2D eigenvalue weighted by Gasteiger charge is 2.20. The van der Waals surface area contributed by atoms with E-state index in [-0.39, 0.29) is 17.7 Å². The van der Waals surface area contributed by atoms with Gasteiger partial charge in [0.1, 0.15) is 0 Å². The van der Waals surface area contributed by atoms with Crippen LogP contribution in [0.15, 0.2) is 22.8 Å². The van der Waals surface area contributed by atoms with Gasteiger partial charge in [-0.1, -0.05) is 31.1 Å². The number of hydrogen-bond acceptors (Lipinski definition) is 2. The number of rotatable bonds is 4. The molecule has 2 nitrogen and oxygen atoms in total. The fraction of sp³-hybridized carbons (Fsp3) is 0.643. The molecule has 2 N–H and O–H groups in total. The Morgan fingerprint density at radius 2 is 2.06 bits per heavy atom. The first kappa shape index (κ1) is 13.2. The lowest BCUT2D eigenvalue weighted by molar-refractivity contribution is -0.123. The molecule has 2 heteroatoms. The summed E-state index contributed by atoms with van der Waals surface area (Å²) in [7, 11) is 0. The molecule has 1 aliphatic carbocycles. The molecule has 1 atom stereocenters. The molecule has 90 valence electrons. The monoisotopic (exact) mass is 221 g/mol. The zero-order valence-electron chi connectivity index (χ0n) is 10.8. The zero-order valence-corrected chi connectivity index (χ0v) is 10.8. The second kappa shape index (κ2) is 5.44. The summed E-state index contributed by atoms with van der Waals surface area (Å²) in [4.78, 5) is 11.8. The van der Waals surface area contributed by atoms with E-state index < -0.39 is 0 Å². The molecule has 0 aromatic rings. The second-order valence-corrected chi connectivity index (χ2v) is 5.05. The zero-order chi connectivity index (χ0) is 12.3. The highest BCUT2D eigenvalue weighted by atomic mass is 16.1. The van der Waals surface area contributed by atoms with Crippen LogP contribution in [0, 0.1) is 5.92 Å². The molecule has 0 aromatic heterocycles. The molecule has 0 aromatic carbocycles. The van der Waals surface area contributed by atoms with E-state index in [0.29, 0.717) is 6.42 Å². The van der Waals surface area contributed by atoms with Crippen molar-refractivity contribution in [3.63, 3.8) is 0 Å². The summed E-state index contributed by atoms with van der Waals surface area (Å²) < 4.78 is 0. The number of ketones is 1. The fourth-order valence-electron chi connectivity index (χ4n) is 2.20. The largest absolute Gasteiger partial charge is 0.321 e. The van der Waals surface area contributed by atoms with Crippen molar-refractivity contribution in [2.75, 3.05) is 0 Å². The molecule has 1 aliphatic rings. The van der Waals surface area contributed by atoms with Crippen LogP contribution in [0.4, 0.5) is 0 Å². The smallest absolute Gasteiger partial charge is 0.152 e. The van der Waals surface area contributed by atoms with Crippen LogP contribution in [0.3, 0.4) is 0 Å². The van der Waals surface area contributed by atoms with Gasteiger partial charge in [0.25, 0.3) is 0 Å². The van der Waals surface area contributed by atoms with Crippen LogP contribution in [0.25, 0.3) is 0 Å². The summed E-state index contributed by atoms with van der Waals surface area (Å²) in [5, 5.41) is 0. The molecule has 0 radical (unpaired) electrons. The van der Waals surface area contributed by atoms with Gasteiger partial charge in [-0.25, -0.2) is 0 Å². The van der Waals surface area contributed by atoms with Gasteiger partial charge in [-0.3, -0.25) is 4.79 Å². The van der Waals surface area contributed by atoms with E-state index in [1.54, 1.807) is 0 Å². The van der Waals surface area contributed by atoms with Crippen LogP contribution in [0.2, 0.25) is 0 Å². The number of hydrogen-bond donors (Lipinski definition) is 1. The van der Waals surface area contributed by atoms with Gasteiger partial charge < -0.3 is 5.73 Å². The summed E-state index contributed by atoms with van der Waals surface area (Å²) in [5.41, 5.74) is 9.96. The summed E-state index contributed by atoms with van der Waals surface area (Å²) in [6.07, 6.45) is 5.17. The van der Waals surface area contributed by atoms with Gasteiger partial charge in [0.15, 0.2) is 5.78 Å². The SMILES string of the molecule is CC1=CCCC(C)=C1CC(N)C(=O)C(C)C. The Morgan fingerprint density at radius 3 is 2.56 bits per heavy atom. The Kier molecular flexibility index (Phi) is 4.48. The molecule has 0 amide bonds. The summed E-state index contributed by atoms with van der Waals surface area (Å²) in [6.45, 7) is 8.09. The Bertz CT molecular complexity index is 337. The highest BCUT2D eigenvalue weighted by molar-refractivity contribution is 5.85. The first-order valence-electron chi connectivity index (χ1n) is 6.08. The van der Waals surface area contributed by atoms with E-state index in [1.165, 1.54) is 16.7 Å². The maximum Gasteiger partial charge on any atom is 0.152 e. The molecule has 0 aliphatic heterocycles. The second-order valence-electron chi connectivity index (χ2n) is 5.05. The highest BCUT2D eigenvalue weighted by Crippen LogP contribution is 2.28. The van der Waals surface area contributed by atoms with Crippen LogP contribution < -0.4 is 5.73 Å². The minimum Gasteiger partial charge on any atom is -0.321 e. The molecule has 0 bridgehead atoms. The van der Waals surface area contributed by atoms with Gasteiger partial charge in [-0.05, 0) is 38.7 Å². The van der Waals surface area contributed by atoms with Crippen molar-refractivity contribution < 1.29 is 4.79 Å². The number of carbonyl (C=O) groups excluding carboxylic acids is 1. The number of Topliss-reactive ketones (excluding diaryl/α,β-unsaturated/α-hetero) is 1. The van der Waals surface area contributed by atoms with Crippen molar-refractivity contribution >= 4 is 5.78 Å². The minimum atomic E-state index is -0.341. The van der Waals surface area contributed by atoms with E-state index in [1.807, 2.05) is 13.8 Å². The molecule has 1 unspecified atom stereocenters. The quantitative estimate of drug-likeness (QED) is 0.793. The molecule has 0 spiro atoms. The predicted octanol–water partition coefficient (Wildman–Crippen LogP) is 2.99. The maximum absolute atomic E-state index is 11.8. The number of allylic oxidation sites excluding steroid dienone is 3. The molecular formula is C14H23NO. The first-order chi connectivity index (χ1) is 7.43. The molecule has 1 rings (SSSR count). The normalized spacial score (nSPS) is 18.8. The average Bonchev–Trinajstić information content (AvgIpc) is 2.22. The van der Waals surface area contributed by atoms with Crippen LogP contribution >= 0.6 is 0 Å². The third-order valence-corrected chi connectivity index (χ3v) is 3.32. The van der Waals surface area contributed by atoms with E-state index in [4.69, 9.17) is 5.73 Å². The van der Waals surface area contributed by atoms with Gasteiger partial charge in [0, 0.05) is 5.92 Å². The van der Waals surface area contributed by atoms with Gasteiger partial charge in [0.2, 0.25) is 0 Å². The van der Waals surface area contributed by atoms with Crippen molar-refractivity contribution in [3.05, 3.63) is 22.8 Å². The number of nitrogens with two attached hydrogens (primary N) is 1. The molecule has 0 saturated carbocycles. The Balaban J connectivity index is 2.74.